The summed E-state index contributed by atoms with van der Waals surface area (Å²) in [5.74, 6) is 0.0362. The first-order valence-corrected chi connectivity index (χ1v) is 13.8. The smallest absolute Gasteiger partial charge is 0.256 e. The number of carbonyl (C=O) groups excluding carboxylic acids is 2. The monoisotopic (exact) mass is 504 g/mol. The predicted molar refractivity (Wildman–Crippen MR) is 134 cm³/mol. The van der Waals surface area contributed by atoms with Crippen LogP contribution >= 0.6 is 11.3 Å². The van der Waals surface area contributed by atoms with Crippen LogP contribution in [0.15, 0.2) is 29.2 Å². The fraction of sp³-hybridized carbons (Fsp3) is 0.500. The van der Waals surface area contributed by atoms with Crippen LogP contribution in [-0.4, -0.2) is 63.2 Å². The third-order valence-electron chi connectivity index (χ3n) is 6.52. The average Bonchev–Trinajstić information content (AvgIpc) is 3.14. The molecule has 0 radical (unpaired) electrons. The summed E-state index contributed by atoms with van der Waals surface area (Å²) in [6, 6.07) is 6.03. The normalized spacial score (nSPS) is 21.6. The Morgan fingerprint density at radius 2 is 1.71 bits per heavy atom. The van der Waals surface area contributed by atoms with E-state index in [0.29, 0.717) is 41.1 Å². The molecule has 1 aromatic heterocycles. The second-order valence-corrected chi connectivity index (χ2v) is 12.6. The Hall–Kier alpha value is -2.27. The van der Waals surface area contributed by atoms with Crippen LogP contribution in [0.5, 0.6) is 0 Å². The highest BCUT2D eigenvalue weighted by Crippen LogP contribution is 2.37. The van der Waals surface area contributed by atoms with E-state index in [2.05, 4.69) is 29.4 Å². The molecule has 10 heteroatoms. The van der Waals surface area contributed by atoms with Crippen molar-refractivity contribution in [1.82, 2.24) is 14.5 Å². The summed E-state index contributed by atoms with van der Waals surface area (Å²) in [7, 11) is -0.00344. The second kappa shape index (κ2) is 9.77. The number of amides is 2. The van der Waals surface area contributed by atoms with E-state index >= 15 is 0 Å². The zero-order valence-corrected chi connectivity index (χ0v) is 21.7. The van der Waals surface area contributed by atoms with Crippen molar-refractivity contribution in [3.05, 3.63) is 45.8 Å². The van der Waals surface area contributed by atoms with Gasteiger partial charge in [-0.25, -0.2) is 8.42 Å². The number of anilines is 1. The van der Waals surface area contributed by atoms with Crippen LogP contribution in [0.3, 0.4) is 0 Å². The molecule has 34 heavy (non-hydrogen) atoms. The standard InChI is InChI=1S/C24H32N4O4S2/c1-15-11-16(2)13-28(12-15)34(31,32)18-7-5-17(6-8-18)22(29)26-24-21(23(30)25-3)19-9-10-27(4)14-20(19)33-24/h5-8,15-16H,9-14H2,1-4H3,(H,25,30)(H,26,29)/t15-,16-/m1/s1. The van der Waals surface area contributed by atoms with E-state index in [4.69, 9.17) is 0 Å². The van der Waals surface area contributed by atoms with Gasteiger partial charge in [-0.3, -0.25) is 9.59 Å². The Bertz CT molecular complexity index is 1180. The summed E-state index contributed by atoms with van der Waals surface area (Å²) in [4.78, 5) is 29.0. The van der Waals surface area contributed by atoms with Crippen LogP contribution in [0.25, 0.3) is 0 Å². The highest BCUT2D eigenvalue weighted by molar-refractivity contribution is 7.89. The molecule has 1 fully saturated rings. The zero-order chi connectivity index (χ0) is 24.6. The van der Waals surface area contributed by atoms with Gasteiger partial charge in [0.2, 0.25) is 10.0 Å². The topological polar surface area (TPSA) is 98.8 Å². The highest BCUT2D eigenvalue weighted by atomic mass is 32.2. The molecule has 2 N–H and O–H groups in total. The number of nitrogens with zero attached hydrogens (tertiary/aromatic N) is 2. The zero-order valence-electron chi connectivity index (χ0n) is 20.1. The lowest BCUT2D eigenvalue weighted by molar-refractivity contribution is 0.0962. The minimum absolute atomic E-state index is 0.186. The molecule has 0 unspecified atom stereocenters. The summed E-state index contributed by atoms with van der Waals surface area (Å²) in [6.07, 6.45) is 1.77. The summed E-state index contributed by atoms with van der Waals surface area (Å²) in [5, 5.41) is 6.09. The van der Waals surface area contributed by atoms with E-state index in [1.807, 2.05) is 7.05 Å². The SMILES string of the molecule is CNC(=O)c1c(NC(=O)c2ccc(S(=O)(=O)N3C[C@H](C)C[C@@H](C)C3)cc2)sc2c1CCN(C)C2. The molecule has 2 aliphatic rings. The molecule has 3 heterocycles. The number of hydrogen-bond donors (Lipinski definition) is 2. The van der Waals surface area contributed by atoms with Crippen molar-refractivity contribution >= 4 is 38.2 Å². The van der Waals surface area contributed by atoms with Gasteiger partial charge in [-0.1, -0.05) is 13.8 Å². The van der Waals surface area contributed by atoms with Gasteiger partial charge in [-0.05, 0) is 61.6 Å². The maximum absolute atomic E-state index is 13.1. The molecule has 4 rings (SSSR count). The lowest BCUT2D eigenvalue weighted by atomic mass is 9.94. The van der Waals surface area contributed by atoms with Crippen molar-refractivity contribution in [1.29, 1.82) is 0 Å². The number of piperidine rings is 1. The lowest BCUT2D eigenvalue weighted by Crippen LogP contribution is -2.42. The first kappa shape index (κ1) is 24.8. The molecule has 2 aliphatic heterocycles. The number of fused-ring (bicyclic) bond motifs is 1. The molecule has 0 bridgehead atoms. The summed E-state index contributed by atoms with van der Waals surface area (Å²) >= 11 is 1.42. The maximum atomic E-state index is 13.1. The van der Waals surface area contributed by atoms with E-state index in [9.17, 15) is 18.0 Å². The molecule has 0 aliphatic carbocycles. The van der Waals surface area contributed by atoms with Crippen molar-refractivity contribution in [3.63, 3.8) is 0 Å². The number of thiophene rings is 1. The molecular weight excluding hydrogens is 472 g/mol. The first-order chi connectivity index (χ1) is 16.1. The van der Waals surface area contributed by atoms with Crippen molar-refractivity contribution < 1.29 is 18.0 Å². The molecule has 2 aromatic rings. The van der Waals surface area contributed by atoms with Gasteiger partial charge < -0.3 is 15.5 Å². The van der Waals surface area contributed by atoms with Gasteiger partial charge in [0.25, 0.3) is 11.8 Å². The fourth-order valence-corrected chi connectivity index (χ4v) is 7.89. The number of rotatable bonds is 5. The Morgan fingerprint density at radius 3 is 2.32 bits per heavy atom. The summed E-state index contributed by atoms with van der Waals surface area (Å²) < 4.78 is 27.8. The van der Waals surface area contributed by atoms with Crippen LogP contribution in [-0.2, 0) is 23.0 Å². The van der Waals surface area contributed by atoms with E-state index in [0.717, 1.165) is 36.4 Å². The van der Waals surface area contributed by atoms with E-state index < -0.39 is 10.0 Å². The third-order valence-corrected chi connectivity index (χ3v) is 9.50. The molecular formula is C24H32N4O4S2. The Balaban J connectivity index is 1.54. The first-order valence-electron chi connectivity index (χ1n) is 11.6. The summed E-state index contributed by atoms with van der Waals surface area (Å²) in [5.41, 5.74) is 1.85. The van der Waals surface area contributed by atoms with E-state index in [1.54, 1.807) is 11.4 Å². The minimum Gasteiger partial charge on any atom is -0.355 e. The minimum atomic E-state index is -3.61. The number of carbonyl (C=O) groups is 2. The predicted octanol–water partition coefficient (Wildman–Crippen LogP) is 3.01. The Labute approximate surface area is 205 Å². The van der Waals surface area contributed by atoms with Crippen molar-refractivity contribution in [3.8, 4) is 0 Å². The highest BCUT2D eigenvalue weighted by Gasteiger charge is 2.32. The Kier molecular flexibility index (Phi) is 7.14. The van der Waals surface area contributed by atoms with Gasteiger partial charge in [-0.15, -0.1) is 11.3 Å². The number of sulfonamides is 1. The van der Waals surface area contributed by atoms with Gasteiger partial charge in [0.15, 0.2) is 0 Å². The molecule has 184 valence electrons. The van der Waals surface area contributed by atoms with Crippen LogP contribution in [0, 0.1) is 11.8 Å². The van der Waals surface area contributed by atoms with Crippen LogP contribution < -0.4 is 10.6 Å². The van der Waals surface area contributed by atoms with Gasteiger partial charge in [0, 0.05) is 43.7 Å². The van der Waals surface area contributed by atoms with Crippen molar-refractivity contribution in [2.24, 2.45) is 11.8 Å². The molecule has 2 atom stereocenters. The third kappa shape index (κ3) is 4.91. The van der Waals surface area contributed by atoms with Crippen LogP contribution in [0.2, 0.25) is 0 Å². The van der Waals surface area contributed by atoms with Crippen molar-refractivity contribution in [2.45, 2.75) is 38.1 Å². The molecule has 2 amide bonds. The Morgan fingerprint density at radius 1 is 1.06 bits per heavy atom. The molecule has 0 saturated carbocycles. The van der Waals surface area contributed by atoms with Gasteiger partial charge in [0.1, 0.15) is 5.00 Å². The largest absolute Gasteiger partial charge is 0.355 e. The van der Waals surface area contributed by atoms with Crippen LogP contribution in [0.1, 0.15) is 51.4 Å². The number of nitrogens with one attached hydrogen (secondary N) is 2. The van der Waals surface area contributed by atoms with Crippen molar-refractivity contribution in [2.75, 3.05) is 39.0 Å². The maximum Gasteiger partial charge on any atom is 0.256 e. The average molecular weight is 505 g/mol. The van der Waals surface area contributed by atoms with Gasteiger partial charge >= 0.3 is 0 Å². The summed E-state index contributed by atoms with van der Waals surface area (Å²) in [6.45, 7) is 6.74. The van der Waals surface area contributed by atoms with Gasteiger partial charge in [-0.2, -0.15) is 4.31 Å². The van der Waals surface area contributed by atoms with Crippen LogP contribution in [0.4, 0.5) is 5.00 Å². The molecule has 1 aromatic carbocycles. The second-order valence-electron chi connectivity index (χ2n) is 9.52. The quantitative estimate of drug-likeness (QED) is 0.652. The van der Waals surface area contributed by atoms with Gasteiger partial charge in [0.05, 0.1) is 10.5 Å². The molecule has 1 saturated heterocycles. The number of likely N-dealkylation sites (N-methyl/N-ethyl adjacent to an activating group) is 1. The molecule has 8 nitrogen and oxygen atoms in total. The fourth-order valence-electron chi connectivity index (χ4n) is 4.89. The molecule has 0 spiro atoms. The number of hydrogen-bond acceptors (Lipinski definition) is 6. The lowest BCUT2D eigenvalue weighted by Gasteiger charge is -2.34. The number of benzene rings is 1. The van der Waals surface area contributed by atoms with E-state index in [1.165, 1.54) is 35.6 Å². The van der Waals surface area contributed by atoms with E-state index in [-0.39, 0.29) is 16.7 Å².